The average molecular weight is 257 g/mol. The van der Waals surface area contributed by atoms with Gasteiger partial charge in [-0.05, 0) is 26.3 Å². The van der Waals surface area contributed by atoms with Gasteiger partial charge in [0.25, 0.3) is 0 Å². The number of nitrogens with one attached hydrogen (secondary N) is 2. The van der Waals surface area contributed by atoms with Crippen LogP contribution < -0.4 is 16.4 Å². The molecule has 7 heteroatoms. The zero-order chi connectivity index (χ0) is 13.7. The molecule has 0 aliphatic carbocycles. The van der Waals surface area contributed by atoms with Gasteiger partial charge in [0.1, 0.15) is 6.04 Å². The molecule has 18 heavy (non-hydrogen) atoms. The normalized spacial score (nSPS) is 24.5. The van der Waals surface area contributed by atoms with Crippen LogP contribution in [0.4, 0.5) is 0 Å². The van der Waals surface area contributed by atoms with E-state index in [1.54, 1.807) is 0 Å². The molecule has 2 amide bonds. The molecule has 1 fully saturated rings. The number of nitrogens with two attached hydrogens (primary N) is 1. The highest BCUT2D eigenvalue weighted by molar-refractivity contribution is 5.86. The molecule has 0 aromatic carbocycles. The number of hydrogen-bond acceptors (Lipinski definition) is 4. The highest BCUT2D eigenvalue weighted by Gasteiger charge is 2.31. The van der Waals surface area contributed by atoms with Crippen molar-refractivity contribution in [2.45, 2.75) is 38.3 Å². The molecular weight excluding hydrogens is 238 g/mol. The Morgan fingerprint density at radius 1 is 1.50 bits per heavy atom. The Morgan fingerprint density at radius 2 is 2.17 bits per heavy atom. The molecule has 1 rings (SSSR count). The summed E-state index contributed by atoms with van der Waals surface area (Å²) in [5.41, 5.74) is 4.96. The zero-order valence-corrected chi connectivity index (χ0v) is 10.3. The van der Waals surface area contributed by atoms with Crippen molar-refractivity contribution in [3.05, 3.63) is 0 Å². The highest BCUT2D eigenvalue weighted by Crippen LogP contribution is 2.15. The number of carboxylic acids is 1. The van der Waals surface area contributed by atoms with E-state index in [0.717, 1.165) is 6.54 Å². The van der Waals surface area contributed by atoms with E-state index in [0.29, 0.717) is 6.42 Å². The van der Waals surface area contributed by atoms with Gasteiger partial charge < -0.3 is 21.5 Å². The van der Waals surface area contributed by atoms with Crippen LogP contribution >= 0.6 is 0 Å². The minimum Gasteiger partial charge on any atom is -0.480 e. The molecule has 1 aliphatic heterocycles. The van der Waals surface area contributed by atoms with Gasteiger partial charge in [0.15, 0.2) is 0 Å². The molecule has 2 unspecified atom stereocenters. The molecule has 102 valence electrons. The van der Waals surface area contributed by atoms with Gasteiger partial charge in [0.2, 0.25) is 11.8 Å². The van der Waals surface area contributed by atoms with E-state index in [4.69, 9.17) is 10.8 Å². The average Bonchev–Trinajstić information content (AvgIpc) is 2.69. The summed E-state index contributed by atoms with van der Waals surface area (Å²) in [5, 5.41) is 14.5. The molecule has 0 aromatic heterocycles. The molecular formula is C11H19N3O4. The minimum absolute atomic E-state index is 0.0188. The lowest BCUT2D eigenvalue weighted by Gasteiger charge is -2.19. The smallest absolute Gasteiger partial charge is 0.326 e. The van der Waals surface area contributed by atoms with Crippen LogP contribution in [0.15, 0.2) is 0 Å². The second kappa shape index (κ2) is 6.34. The maximum atomic E-state index is 11.9. The van der Waals surface area contributed by atoms with Gasteiger partial charge >= 0.3 is 5.97 Å². The first-order valence-corrected chi connectivity index (χ1v) is 5.96. The van der Waals surface area contributed by atoms with Crippen molar-refractivity contribution >= 4 is 17.8 Å². The van der Waals surface area contributed by atoms with Crippen molar-refractivity contribution in [1.29, 1.82) is 0 Å². The lowest BCUT2D eigenvalue weighted by molar-refractivity contribution is -0.142. The topological polar surface area (TPSA) is 122 Å². The Bertz CT molecular complexity index is 345. The van der Waals surface area contributed by atoms with E-state index < -0.39 is 17.9 Å². The summed E-state index contributed by atoms with van der Waals surface area (Å²) < 4.78 is 0. The second-order valence-corrected chi connectivity index (χ2v) is 4.54. The van der Waals surface area contributed by atoms with Crippen molar-refractivity contribution in [2.75, 3.05) is 6.54 Å². The molecule has 7 nitrogen and oxygen atoms in total. The van der Waals surface area contributed by atoms with Gasteiger partial charge in [-0.2, -0.15) is 0 Å². The molecule has 0 saturated carbocycles. The fourth-order valence-electron chi connectivity index (χ4n) is 2.04. The van der Waals surface area contributed by atoms with Crippen molar-refractivity contribution in [3.63, 3.8) is 0 Å². The van der Waals surface area contributed by atoms with Gasteiger partial charge in [-0.15, -0.1) is 0 Å². The lowest BCUT2D eigenvalue weighted by atomic mass is 10.00. The summed E-state index contributed by atoms with van der Waals surface area (Å²) in [6.07, 6.45) is 0.649. The quantitative estimate of drug-likeness (QED) is 0.477. The Morgan fingerprint density at radius 3 is 2.61 bits per heavy atom. The monoisotopic (exact) mass is 257 g/mol. The van der Waals surface area contributed by atoms with Gasteiger partial charge in [-0.25, -0.2) is 4.79 Å². The summed E-state index contributed by atoms with van der Waals surface area (Å²) in [7, 11) is 0. The van der Waals surface area contributed by atoms with Crippen LogP contribution in [0.5, 0.6) is 0 Å². The van der Waals surface area contributed by atoms with E-state index in [9.17, 15) is 14.4 Å². The first-order valence-electron chi connectivity index (χ1n) is 5.96. The van der Waals surface area contributed by atoms with E-state index in [1.807, 2.05) is 6.92 Å². The summed E-state index contributed by atoms with van der Waals surface area (Å²) in [6, 6.07) is -1.02. The number of amides is 2. The van der Waals surface area contributed by atoms with Crippen LogP contribution in [0.25, 0.3) is 0 Å². The summed E-state index contributed by atoms with van der Waals surface area (Å²) in [4.78, 5) is 33.5. The number of primary amides is 1. The third-order valence-electron chi connectivity index (χ3n) is 3.16. The Hall–Kier alpha value is -1.63. The number of rotatable bonds is 6. The van der Waals surface area contributed by atoms with Gasteiger partial charge in [0.05, 0.1) is 5.92 Å². The SMILES string of the molecule is CC1NCCC1C(=O)N[C@@H](CCC(N)=O)C(=O)O. The maximum Gasteiger partial charge on any atom is 0.326 e. The molecule has 1 aliphatic rings. The molecule has 0 radical (unpaired) electrons. The number of carbonyl (C=O) groups excluding carboxylic acids is 2. The summed E-state index contributed by atoms with van der Waals surface area (Å²) >= 11 is 0. The fraction of sp³-hybridized carbons (Fsp3) is 0.727. The predicted octanol–water partition coefficient (Wildman–Crippen LogP) is -1.18. The minimum atomic E-state index is -1.15. The first-order chi connectivity index (χ1) is 8.41. The lowest BCUT2D eigenvalue weighted by Crippen LogP contribution is -2.46. The number of carboxylic acid groups (broad SMARTS) is 1. The van der Waals surface area contributed by atoms with Crippen LogP contribution in [-0.2, 0) is 14.4 Å². The molecule has 1 saturated heterocycles. The third kappa shape index (κ3) is 3.99. The van der Waals surface area contributed by atoms with Crippen molar-refractivity contribution in [1.82, 2.24) is 10.6 Å². The zero-order valence-electron chi connectivity index (χ0n) is 10.3. The van der Waals surface area contributed by atoms with Crippen molar-refractivity contribution < 1.29 is 19.5 Å². The largest absolute Gasteiger partial charge is 0.480 e. The number of hydrogen-bond donors (Lipinski definition) is 4. The molecule has 5 N–H and O–H groups in total. The van der Waals surface area contributed by atoms with E-state index in [2.05, 4.69) is 10.6 Å². The van der Waals surface area contributed by atoms with E-state index in [1.165, 1.54) is 0 Å². The Labute approximate surface area is 105 Å². The van der Waals surface area contributed by atoms with Gasteiger partial charge in [0, 0.05) is 12.5 Å². The van der Waals surface area contributed by atoms with Gasteiger partial charge in [-0.1, -0.05) is 0 Å². The summed E-state index contributed by atoms with van der Waals surface area (Å²) in [5.74, 6) is -2.24. The Balaban J connectivity index is 2.52. The number of carbonyl (C=O) groups is 3. The third-order valence-corrected chi connectivity index (χ3v) is 3.16. The molecule has 0 bridgehead atoms. The van der Waals surface area contributed by atoms with Crippen LogP contribution in [0.3, 0.4) is 0 Å². The second-order valence-electron chi connectivity index (χ2n) is 4.54. The van der Waals surface area contributed by atoms with Crippen LogP contribution in [0, 0.1) is 5.92 Å². The Kier molecular flexibility index (Phi) is 5.08. The van der Waals surface area contributed by atoms with Crippen LogP contribution in [0.2, 0.25) is 0 Å². The predicted molar refractivity (Wildman–Crippen MR) is 63.6 cm³/mol. The maximum absolute atomic E-state index is 11.9. The first kappa shape index (κ1) is 14.4. The van der Waals surface area contributed by atoms with Crippen LogP contribution in [0.1, 0.15) is 26.2 Å². The fourth-order valence-corrected chi connectivity index (χ4v) is 2.04. The van der Waals surface area contributed by atoms with Crippen molar-refractivity contribution in [2.24, 2.45) is 11.7 Å². The molecule has 0 aromatic rings. The standard InChI is InChI=1S/C11H19N3O4/c1-6-7(4-5-13-6)10(16)14-8(11(17)18)2-3-9(12)15/h6-8,13H,2-5H2,1H3,(H2,12,15)(H,14,16)(H,17,18)/t6?,7?,8-/m0/s1. The molecule has 1 heterocycles. The molecule has 3 atom stereocenters. The van der Waals surface area contributed by atoms with E-state index >= 15 is 0 Å². The summed E-state index contributed by atoms with van der Waals surface area (Å²) in [6.45, 7) is 2.63. The van der Waals surface area contributed by atoms with Gasteiger partial charge in [-0.3, -0.25) is 9.59 Å². The molecule has 0 spiro atoms. The number of aliphatic carboxylic acids is 1. The highest BCUT2D eigenvalue weighted by atomic mass is 16.4. The van der Waals surface area contributed by atoms with E-state index in [-0.39, 0.29) is 30.7 Å². The van der Waals surface area contributed by atoms with Crippen molar-refractivity contribution in [3.8, 4) is 0 Å². The van der Waals surface area contributed by atoms with Crippen LogP contribution in [-0.4, -0.2) is 41.5 Å².